The van der Waals surface area contributed by atoms with Gasteiger partial charge in [-0.15, -0.1) is 0 Å². The number of carbonyl (C=O) groups is 3. The molecule has 0 bridgehead atoms. The summed E-state index contributed by atoms with van der Waals surface area (Å²) in [6.07, 6.45) is 1.64. The van der Waals surface area contributed by atoms with Crippen LogP contribution in [-0.2, 0) is 16.8 Å². The summed E-state index contributed by atoms with van der Waals surface area (Å²) in [4.78, 5) is 43.2. The molecule has 1 aliphatic heterocycles. The molecule has 7 heteroatoms. The van der Waals surface area contributed by atoms with Crippen LogP contribution in [-0.4, -0.2) is 38.8 Å². The Balaban J connectivity index is 1.48. The van der Waals surface area contributed by atoms with Gasteiger partial charge in [0.05, 0.1) is 0 Å². The molecule has 186 valence electrons. The van der Waals surface area contributed by atoms with Gasteiger partial charge < -0.3 is 15.3 Å². The van der Waals surface area contributed by atoms with Crippen molar-refractivity contribution < 1.29 is 19.5 Å². The van der Waals surface area contributed by atoms with Gasteiger partial charge in [0.1, 0.15) is 11.9 Å². The maximum atomic E-state index is 13.0. The average molecular weight is 486 g/mol. The minimum absolute atomic E-state index is 0.0131. The Kier molecular flexibility index (Phi) is 6.67. The lowest BCUT2D eigenvalue weighted by Gasteiger charge is -2.27. The summed E-state index contributed by atoms with van der Waals surface area (Å²) >= 11 is 0. The Morgan fingerprint density at radius 3 is 2.22 bits per heavy atom. The second-order valence-electron chi connectivity index (χ2n) is 10.5. The van der Waals surface area contributed by atoms with E-state index in [9.17, 15) is 19.5 Å². The highest BCUT2D eigenvalue weighted by Crippen LogP contribution is 2.31. The Morgan fingerprint density at radius 1 is 1.00 bits per heavy atom. The van der Waals surface area contributed by atoms with Crippen LogP contribution in [0.4, 0.5) is 5.82 Å². The molecular formula is C29H31N3O4. The van der Waals surface area contributed by atoms with Gasteiger partial charge in [-0.2, -0.15) is 0 Å². The highest BCUT2D eigenvalue weighted by molar-refractivity contribution is 6.04. The first-order valence-electron chi connectivity index (χ1n) is 12.0. The van der Waals surface area contributed by atoms with Crippen LogP contribution in [0.1, 0.15) is 66.5 Å². The number of rotatable bonds is 6. The van der Waals surface area contributed by atoms with Crippen LogP contribution in [0.3, 0.4) is 0 Å². The zero-order valence-corrected chi connectivity index (χ0v) is 21.2. The van der Waals surface area contributed by atoms with Gasteiger partial charge in [-0.3, -0.25) is 9.59 Å². The van der Waals surface area contributed by atoms with Crippen LogP contribution >= 0.6 is 0 Å². The third-order valence-electron chi connectivity index (χ3n) is 6.51. The number of benzene rings is 2. The number of carboxylic acid groups (broad SMARTS) is 1. The van der Waals surface area contributed by atoms with E-state index in [1.54, 1.807) is 32.2 Å². The summed E-state index contributed by atoms with van der Waals surface area (Å²) in [5.74, 6) is -1.30. The maximum absolute atomic E-state index is 13.0. The quantitative estimate of drug-likeness (QED) is 0.489. The molecule has 4 rings (SSSR count). The number of carbonyl (C=O) groups excluding carboxylic acids is 2. The van der Waals surface area contributed by atoms with Crippen molar-refractivity contribution in [3.8, 4) is 11.1 Å². The third kappa shape index (κ3) is 5.00. The number of nitrogens with zero attached hydrogens (tertiary/aromatic N) is 2. The van der Waals surface area contributed by atoms with Crippen LogP contribution in [0.15, 0.2) is 60.8 Å². The van der Waals surface area contributed by atoms with E-state index in [-0.39, 0.29) is 29.7 Å². The first kappa shape index (κ1) is 25.1. The molecule has 3 aromatic rings. The lowest BCUT2D eigenvalue weighted by atomic mass is 9.87. The lowest BCUT2D eigenvalue weighted by Crippen LogP contribution is -2.44. The fraction of sp³-hybridized carbons (Fsp3) is 0.310. The van der Waals surface area contributed by atoms with Crippen LogP contribution in [0, 0.1) is 5.92 Å². The summed E-state index contributed by atoms with van der Waals surface area (Å²) in [7, 11) is 0. The molecule has 0 saturated heterocycles. The molecule has 2 heterocycles. The van der Waals surface area contributed by atoms with Gasteiger partial charge in [0.15, 0.2) is 0 Å². The smallest absolute Gasteiger partial charge is 0.326 e. The van der Waals surface area contributed by atoms with Gasteiger partial charge in [-0.05, 0) is 58.4 Å². The van der Waals surface area contributed by atoms with E-state index < -0.39 is 12.0 Å². The van der Waals surface area contributed by atoms with Crippen molar-refractivity contribution in [3.05, 3.63) is 83.0 Å². The monoisotopic (exact) mass is 485 g/mol. The van der Waals surface area contributed by atoms with E-state index in [1.165, 1.54) is 4.90 Å². The topological polar surface area (TPSA) is 99.6 Å². The first-order valence-corrected chi connectivity index (χ1v) is 12.0. The van der Waals surface area contributed by atoms with Crippen molar-refractivity contribution in [2.45, 2.75) is 52.6 Å². The van der Waals surface area contributed by atoms with Gasteiger partial charge >= 0.3 is 5.97 Å². The molecule has 0 unspecified atom stereocenters. The minimum atomic E-state index is -1.00. The second-order valence-corrected chi connectivity index (χ2v) is 10.5. The molecule has 0 aliphatic carbocycles. The van der Waals surface area contributed by atoms with Crippen molar-refractivity contribution in [3.63, 3.8) is 0 Å². The predicted octanol–water partition coefficient (Wildman–Crippen LogP) is 5.36. The number of hydrogen-bond acceptors (Lipinski definition) is 4. The van der Waals surface area contributed by atoms with Gasteiger partial charge in [-0.25, -0.2) is 9.78 Å². The molecular weight excluding hydrogens is 454 g/mol. The maximum Gasteiger partial charge on any atom is 0.326 e. The zero-order chi connectivity index (χ0) is 26.2. The first-order chi connectivity index (χ1) is 17.0. The summed E-state index contributed by atoms with van der Waals surface area (Å²) in [6.45, 7) is 10.3. The molecule has 0 fully saturated rings. The normalized spacial score (nSPS) is 14.1. The molecule has 0 saturated carbocycles. The van der Waals surface area contributed by atoms with E-state index in [2.05, 4.69) is 31.1 Å². The number of nitrogens with one attached hydrogen (secondary N) is 1. The van der Waals surface area contributed by atoms with E-state index in [0.717, 1.165) is 22.3 Å². The van der Waals surface area contributed by atoms with Crippen LogP contribution in [0.2, 0.25) is 0 Å². The summed E-state index contributed by atoms with van der Waals surface area (Å²) in [6, 6.07) is 15.8. The lowest BCUT2D eigenvalue weighted by molar-refractivity contribution is -0.144. The number of carboxylic acids is 1. The summed E-state index contributed by atoms with van der Waals surface area (Å²) in [5, 5.41) is 12.4. The summed E-state index contributed by atoms with van der Waals surface area (Å²) < 4.78 is 0. The van der Waals surface area contributed by atoms with Crippen LogP contribution in [0.25, 0.3) is 11.1 Å². The highest BCUT2D eigenvalue weighted by atomic mass is 16.4. The fourth-order valence-corrected chi connectivity index (χ4v) is 4.45. The Bertz CT molecular complexity index is 1310. The standard InChI is InChI=1S/C29H31N3O4/c1-17(2)25(28(35)36)32-16-21-7-6-19(14-23(21)27(32)34)20-10-13-24(30-15-20)31-26(33)18-8-11-22(12-9-18)29(3,4)5/h6-15,17,25H,16H2,1-5H3,(H,35,36)(H,30,31,33)/t25-/m0/s1. The predicted molar refractivity (Wildman–Crippen MR) is 139 cm³/mol. The molecule has 1 aromatic heterocycles. The van der Waals surface area contributed by atoms with Crippen molar-refractivity contribution in [2.24, 2.45) is 5.92 Å². The Morgan fingerprint density at radius 2 is 1.67 bits per heavy atom. The van der Waals surface area contributed by atoms with Crippen molar-refractivity contribution in [1.82, 2.24) is 9.88 Å². The van der Waals surface area contributed by atoms with E-state index >= 15 is 0 Å². The van der Waals surface area contributed by atoms with E-state index in [4.69, 9.17) is 0 Å². The number of fused-ring (bicyclic) bond motifs is 1. The molecule has 0 spiro atoms. The molecule has 2 aromatic carbocycles. The molecule has 7 nitrogen and oxygen atoms in total. The third-order valence-corrected chi connectivity index (χ3v) is 6.51. The molecule has 2 amide bonds. The van der Waals surface area contributed by atoms with E-state index in [1.807, 2.05) is 42.5 Å². The van der Waals surface area contributed by atoms with Gasteiger partial charge in [0.2, 0.25) is 0 Å². The Hall–Kier alpha value is -4.00. The highest BCUT2D eigenvalue weighted by Gasteiger charge is 2.38. The number of amides is 2. The molecule has 2 N–H and O–H groups in total. The van der Waals surface area contributed by atoms with Crippen molar-refractivity contribution in [1.29, 1.82) is 0 Å². The average Bonchev–Trinajstić information content (AvgIpc) is 3.14. The SMILES string of the molecule is CC(C)[C@@H](C(=O)O)N1Cc2ccc(-c3ccc(NC(=O)c4ccc(C(C)(C)C)cc4)nc3)cc2C1=O. The van der Waals surface area contributed by atoms with Crippen molar-refractivity contribution in [2.75, 3.05) is 5.32 Å². The Labute approximate surface area is 211 Å². The van der Waals surface area contributed by atoms with Crippen LogP contribution in [0.5, 0.6) is 0 Å². The van der Waals surface area contributed by atoms with E-state index in [0.29, 0.717) is 16.9 Å². The molecule has 36 heavy (non-hydrogen) atoms. The van der Waals surface area contributed by atoms with Gasteiger partial charge in [0, 0.05) is 29.4 Å². The van der Waals surface area contributed by atoms with Gasteiger partial charge in [-0.1, -0.05) is 58.9 Å². The number of anilines is 1. The summed E-state index contributed by atoms with van der Waals surface area (Å²) in [5.41, 5.74) is 4.62. The largest absolute Gasteiger partial charge is 0.480 e. The second kappa shape index (κ2) is 9.57. The van der Waals surface area contributed by atoms with Crippen LogP contribution < -0.4 is 5.32 Å². The molecule has 0 radical (unpaired) electrons. The molecule has 1 aliphatic rings. The number of pyridine rings is 1. The molecule has 1 atom stereocenters. The van der Waals surface area contributed by atoms with Crippen molar-refractivity contribution >= 4 is 23.6 Å². The number of aromatic nitrogens is 1. The number of aliphatic carboxylic acids is 1. The fourth-order valence-electron chi connectivity index (χ4n) is 4.45. The number of hydrogen-bond donors (Lipinski definition) is 2. The zero-order valence-electron chi connectivity index (χ0n) is 21.2. The minimum Gasteiger partial charge on any atom is -0.480 e. The van der Waals surface area contributed by atoms with Gasteiger partial charge in [0.25, 0.3) is 11.8 Å².